The van der Waals surface area contributed by atoms with Crippen LogP contribution in [0.4, 0.5) is 0 Å². The van der Waals surface area contributed by atoms with E-state index in [1.54, 1.807) is 5.57 Å². The Bertz CT molecular complexity index is 960. The third kappa shape index (κ3) is 5.64. The summed E-state index contributed by atoms with van der Waals surface area (Å²) < 4.78 is 11.9. The molecule has 4 aliphatic carbocycles. The molecular formula is C35H58O6. The third-order valence-corrected chi connectivity index (χ3v) is 12.9. The van der Waals surface area contributed by atoms with Crippen molar-refractivity contribution in [2.45, 2.75) is 136 Å². The molecule has 0 bridgehead atoms. The standard InChI is InChI=1S/C35H58O6/c1-7-22(20(2)3)9-8-21(4)26-12-13-27-25-11-10-23-18-24(14-16-34(23,5)28(25)15-17-35(26,27)6)40-33-32(39)31(38)30(37)29(19-36)41-33/h8-9,11,20-24,26-33,36-39H,7,10,12-19H2,1-6H3/t21-,22-,23?,24+,26-,27+,28+,29-,30-,31+,32-,33-,34+,35-/m1/s1. The maximum absolute atomic E-state index is 10.5. The van der Waals surface area contributed by atoms with Crippen LogP contribution in [0.15, 0.2) is 23.8 Å². The van der Waals surface area contributed by atoms with Gasteiger partial charge in [-0.05, 0) is 110 Å². The number of hydrogen-bond donors (Lipinski definition) is 4. The number of allylic oxidation sites excluding steroid dienone is 4. The summed E-state index contributed by atoms with van der Waals surface area (Å²) in [4.78, 5) is 0. The van der Waals surface area contributed by atoms with Gasteiger partial charge >= 0.3 is 0 Å². The summed E-state index contributed by atoms with van der Waals surface area (Å²) in [6, 6.07) is 0. The van der Waals surface area contributed by atoms with Gasteiger partial charge in [-0.3, -0.25) is 0 Å². The van der Waals surface area contributed by atoms with Crippen LogP contribution >= 0.6 is 0 Å². The second-order valence-corrected chi connectivity index (χ2v) is 15.3. The summed E-state index contributed by atoms with van der Waals surface area (Å²) >= 11 is 0. The number of aliphatic hydroxyl groups excluding tert-OH is 4. The van der Waals surface area contributed by atoms with Gasteiger partial charge in [-0.1, -0.05) is 65.3 Å². The van der Waals surface area contributed by atoms with Gasteiger partial charge < -0.3 is 29.9 Å². The molecule has 14 atom stereocenters. The molecule has 6 heteroatoms. The van der Waals surface area contributed by atoms with E-state index >= 15 is 0 Å². The molecule has 4 fully saturated rings. The van der Waals surface area contributed by atoms with E-state index in [0.717, 1.165) is 31.6 Å². The second kappa shape index (κ2) is 12.3. The lowest BCUT2D eigenvalue weighted by atomic mass is 9.47. The van der Waals surface area contributed by atoms with Gasteiger partial charge in [0.25, 0.3) is 0 Å². The molecule has 1 unspecified atom stereocenters. The summed E-state index contributed by atoms with van der Waals surface area (Å²) in [5.74, 6) is 4.61. The SMILES string of the molecule is CC[C@H](C=C[C@@H](C)[C@H]1CC[C@H]2C3=CCC4C[C@@H](O[C@@H]5O[C@H](CO)[C@@H](O)[C@H](O)[C@H]5O)CC[C@]4(C)[C@H]3CC[C@]12C)C(C)C. The fourth-order valence-corrected chi connectivity index (χ4v) is 10.2. The summed E-state index contributed by atoms with van der Waals surface area (Å²) in [6.45, 7) is 14.2. The molecule has 1 saturated heterocycles. The normalized spacial score (nSPS) is 47.9. The highest BCUT2D eigenvalue weighted by Gasteiger charge is 2.58. The lowest BCUT2D eigenvalue weighted by Gasteiger charge is -2.58. The first-order valence-corrected chi connectivity index (χ1v) is 16.8. The molecular weight excluding hydrogens is 516 g/mol. The zero-order valence-electron chi connectivity index (χ0n) is 26.4. The largest absolute Gasteiger partial charge is 0.394 e. The van der Waals surface area contributed by atoms with E-state index in [2.05, 4.69) is 59.8 Å². The van der Waals surface area contributed by atoms with Crippen LogP contribution in [0.3, 0.4) is 0 Å². The predicted molar refractivity (Wildman–Crippen MR) is 161 cm³/mol. The van der Waals surface area contributed by atoms with Crippen molar-refractivity contribution in [1.29, 1.82) is 0 Å². The maximum atomic E-state index is 10.5. The molecule has 5 rings (SSSR count). The van der Waals surface area contributed by atoms with E-state index in [0.29, 0.717) is 40.9 Å². The van der Waals surface area contributed by atoms with Crippen molar-refractivity contribution in [2.75, 3.05) is 6.61 Å². The topological polar surface area (TPSA) is 99.4 Å². The smallest absolute Gasteiger partial charge is 0.186 e. The lowest BCUT2D eigenvalue weighted by molar-refractivity contribution is -0.315. The summed E-state index contributed by atoms with van der Waals surface area (Å²) in [5, 5.41) is 40.4. The highest BCUT2D eigenvalue weighted by molar-refractivity contribution is 5.28. The van der Waals surface area contributed by atoms with Crippen LogP contribution in [0, 0.1) is 52.3 Å². The molecule has 6 nitrogen and oxygen atoms in total. The molecule has 0 aromatic carbocycles. The molecule has 0 amide bonds. The van der Waals surface area contributed by atoms with Crippen LogP contribution in [0.5, 0.6) is 0 Å². The van der Waals surface area contributed by atoms with Gasteiger partial charge in [0.2, 0.25) is 0 Å². The molecule has 0 aromatic rings. The van der Waals surface area contributed by atoms with E-state index < -0.39 is 37.3 Å². The van der Waals surface area contributed by atoms with Crippen LogP contribution in [0.1, 0.15) is 99.3 Å². The number of rotatable bonds is 8. The van der Waals surface area contributed by atoms with Gasteiger partial charge in [0.1, 0.15) is 24.4 Å². The highest BCUT2D eigenvalue weighted by Crippen LogP contribution is 2.67. The first kappa shape index (κ1) is 31.7. The maximum Gasteiger partial charge on any atom is 0.186 e. The summed E-state index contributed by atoms with van der Waals surface area (Å²) in [7, 11) is 0. The molecule has 0 aromatic heterocycles. The molecule has 0 radical (unpaired) electrons. The predicted octanol–water partition coefficient (Wildman–Crippen LogP) is 5.63. The Hall–Kier alpha value is -0.760. The molecule has 1 aliphatic heterocycles. The zero-order valence-corrected chi connectivity index (χ0v) is 26.4. The minimum Gasteiger partial charge on any atom is -0.394 e. The number of ether oxygens (including phenoxy) is 2. The van der Waals surface area contributed by atoms with E-state index in [9.17, 15) is 20.4 Å². The zero-order chi connectivity index (χ0) is 29.7. The Morgan fingerprint density at radius 3 is 2.34 bits per heavy atom. The Morgan fingerprint density at radius 1 is 0.951 bits per heavy atom. The van der Waals surface area contributed by atoms with Crippen molar-refractivity contribution in [3.63, 3.8) is 0 Å². The summed E-state index contributed by atoms with van der Waals surface area (Å²) in [5.41, 5.74) is 2.41. The van der Waals surface area contributed by atoms with Crippen LogP contribution in [0.2, 0.25) is 0 Å². The first-order chi connectivity index (χ1) is 19.4. The molecule has 234 valence electrons. The average Bonchev–Trinajstić information content (AvgIpc) is 3.30. The molecule has 5 aliphatic rings. The Balaban J connectivity index is 1.26. The van der Waals surface area contributed by atoms with Crippen LogP contribution in [-0.4, -0.2) is 63.8 Å². The number of aliphatic hydroxyl groups is 4. The Labute approximate surface area is 248 Å². The van der Waals surface area contributed by atoms with Gasteiger partial charge in [0, 0.05) is 0 Å². The molecule has 1 heterocycles. The Kier molecular flexibility index (Phi) is 9.51. The van der Waals surface area contributed by atoms with E-state index in [-0.39, 0.29) is 11.5 Å². The van der Waals surface area contributed by atoms with Crippen molar-refractivity contribution >= 4 is 0 Å². The third-order valence-electron chi connectivity index (χ3n) is 12.9. The van der Waals surface area contributed by atoms with E-state index in [1.807, 2.05) is 0 Å². The van der Waals surface area contributed by atoms with Gasteiger partial charge in [0.15, 0.2) is 6.29 Å². The molecule has 0 spiro atoms. The number of hydrogen-bond acceptors (Lipinski definition) is 6. The first-order valence-electron chi connectivity index (χ1n) is 16.8. The monoisotopic (exact) mass is 574 g/mol. The fraction of sp³-hybridized carbons (Fsp3) is 0.886. The van der Waals surface area contributed by atoms with Crippen molar-refractivity contribution in [2.24, 2.45) is 52.3 Å². The Morgan fingerprint density at radius 2 is 1.66 bits per heavy atom. The van der Waals surface area contributed by atoms with E-state index in [1.165, 1.54) is 32.1 Å². The van der Waals surface area contributed by atoms with Gasteiger partial charge in [-0.25, -0.2) is 0 Å². The van der Waals surface area contributed by atoms with Gasteiger partial charge in [0.05, 0.1) is 12.7 Å². The summed E-state index contributed by atoms with van der Waals surface area (Å²) in [6.07, 6.45) is 12.0. The van der Waals surface area contributed by atoms with Crippen molar-refractivity contribution in [3.05, 3.63) is 23.8 Å². The van der Waals surface area contributed by atoms with Crippen molar-refractivity contribution in [3.8, 4) is 0 Å². The highest BCUT2D eigenvalue weighted by atomic mass is 16.7. The molecule has 41 heavy (non-hydrogen) atoms. The molecule has 4 N–H and O–H groups in total. The van der Waals surface area contributed by atoms with E-state index in [4.69, 9.17) is 9.47 Å². The minimum absolute atomic E-state index is 0.0698. The molecule has 3 saturated carbocycles. The van der Waals surface area contributed by atoms with Crippen LogP contribution in [0.25, 0.3) is 0 Å². The second-order valence-electron chi connectivity index (χ2n) is 15.3. The van der Waals surface area contributed by atoms with Crippen molar-refractivity contribution in [1.82, 2.24) is 0 Å². The van der Waals surface area contributed by atoms with Gasteiger partial charge in [-0.15, -0.1) is 0 Å². The van der Waals surface area contributed by atoms with Gasteiger partial charge in [-0.2, -0.15) is 0 Å². The van der Waals surface area contributed by atoms with Crippen molar-refractivity contribution < 1.29 is 29.9 Å². The fourth-order valence-electron chi connectivity index (χ4n) is 10.2. The lowest BCUT2D eigenvalue weighted by Crippen LogP contribution is -2.60. The quantitative estimate of drug-likeness (QED) is 0.281. The van der Waals surface area contributed by atoms with Crippen LogP contribution < -0.4 is 0 Å². The minimum atomic E-state index is -1.40. The van der Waals surface area contributed by atoms with Crippen LogP contribution in [-0.2, 0) is 9.47 Å². The average molecular weight is 575 g/mol. The number of fused-ring (bicyclic) bond motifs is 5.